The summed E-state index contributed by atoms with van der Waals surface area (Å²) in [7, 11) is 1.60. The Morgan fingerprint density at radius 2 is 2.00 bits per heavy atom. The summed E-state index contributed by atoms with van der Waals surface area (Å²) in [6.45, 7) is 4.03. The van der Waals surface area contributed by atoms with Crippen molar-refractivity contribution in [2.75, 3.05) is 19.0 Å². The molecular weight excluding hydrogens is 411 g/mol. The minimum Gasteiger partial charge on any atom is -0.489 e. The Kier molecular flexibility index (Phi) is 6.14. The number of amides is 1. The molecule has 166 valence electrons. The van der Waals surface area contributed by atoms with E-state index in [4.69, 9.17) is 9.47 Å². The van der Waals surface area contributed by atoms with Crippen molar-refractivity contribution in [3.63, 3.8) is 0 Å². The number of aryl methyl sites for hydroxylation is 2. The Morgan fingerprint density at radius 3 is 2.72 bits per heavy atom. The predicted octanol–water partition coefficient (Wildman–Crippen LogP) is 3.75. The molecule has 2 atom stereocenters. The smallest absolute Gasteiger partial charge is 0.229 e. The van der Waals surface area contributed by atoms with Crippen LogP contribution in [-0.4, -0.2) is 34.6 Å². The number of hydrogen-bond acceptors (Lipinski definition) is 6. The van der Waals surface area contributed by atoms with Crippen LogP contribution in [0.25, 0.3) is 0 Å². The second-order valence-electron chi connectivity index (χ2n) is 8.04. The largest absolute Gasteiger partial charge is 0.489 e. The summed E-state index contributed by atoms with van der Waals surface area (Å²) in [6.07, 6.45) is 3.37. The minimum absolute atomic E-state index is 0.173. The Labute approximate surface area is 186 Å². The molecule has 7 nitrogen and oxygen atoms in total. The lowest BCUT2D eigenvalue weighted by Crippen LogP contribution is -2.27. The third-order valence-electron chi connectivity index (χ3n) is 5.75. The van der Waals surface area contributed by atoms with Gasteiger partial charge in [0.25, 0.3) is 0 Å². The first-order valence-electron chi connectivity index (χ1n) is 10.4. The Morgan fingerprint density at radius 1 is 1.22 bits per heavy atom. The van der Waals surface area contributed by atoms with E-state index in [-0.39, 0.29) is 18.4 Å². The topological polar surface area (TPSA) is 86.2 Å². The van der Waals surface area contributed by atoms with Crippen LogP contribution in [0.3, 0.4) is 0 Å². The van der Waals surface area contributed by atoms with Crippen LogP contribution in [0.1, 0.15) is 29.1 Å². The van der Waals surface area contributed by atoms with E-state index >= 15 is 0 Å². The minimum atomic E-state index is -0.490. The third-order valence-corrected chi connectivity index (χ3v) is 5.75. The van der Waals surface area contributed by atoms with Crippen LogP contribution in [0.2, 0.25) is 0 Å². The monoisotopic (exact) mass is 436 g/mol. The Balaban J connectivity index is 1.55. The molecule has 4 rings (SSSR count). The fourth-order valence-electron chi connectivity index (χ4n) is 3.88. The number of aromatic nitrogens is 3. The molecule has 1 aliphatic carbocycles. The molecule has 1 aromatic carbocycles. The van der Waals surface area contributed by atoms with Crippen LogP contribution in [0.5, 0.6) is 5.75 Å². The van der Waals surface area contributed by atoms with Gasteiger partial charge < -0.3 is 14.8 Å². The molecule has 32 heavy (non-hydrogen) atoms. The van der Waals surface area contributed by atoms with Gasteiger partial charge in [-0.3, -0.25) is 4.79 Å². The molecule has 0 radical (unpaired) electrons. The van der Waals surface area contributed by atoms with E-state index in [0.717, 1.165) is 11.8 Å². The van der Waals surface area contributed by atoms with Crippen LogP contribution in [-0.2, 0) is 21.6 Å². The summed E-state index contributed by atoms with van der Waals surface area (Å²) in [5.74, 6) is 0.608. The molecule has 1 fully saturated rings. The molecular formula is C24H25FN4O3. The van der Waals surface area contributed by atoms with Crippen molar-refractivity contribution in [2.45, 2.75) is 32.3 Å². The quantitative estimate of drug-likeness (QED) is 0.579. The maximum atomic E-state index is 13.5. The van der Waals surface area contributed by atoms with E-state index in [0.29, 0.717) is 41.7 Å². The highest BCUT2D eigenvalue weighted by atomic mass is 19.1. The van der Waals surface area contributed by atoms with Crippen LogP contribution in [0, 0.1) is 25.6 Å². The highest BCUT2D eigenvalue weighted by Crippen LogP contribution is 2.55. The van der Waals surface area contributed by atoms with Gasteiger partial charge in [0.15, 0.2) is 5.75 Å². The zero-order chi connectivity index (χ0) is 22.7. The number of methoxy groups -OCH3 is 1. The van der Waals surface area contributed by atoms with Gasteiger partial charge in [-0.25, -0.2) is 19.3 Å². The maximum absolute atomic E-state index is 13.5. The van der Waals surface area contributed by atoms with Crippen molar-refractivity contribution < 1.29 is 18.7 Å². The summed E-state index contributed by atoms with van der Waals surface area (Å²) < 4.78 is 24.9. The van der Waals surface area contributed by atoms with Gasteiger partial charge in [-0.1, -0.05) is 30.3 Å². The predicted molar refractivity (Wildman–Crippen MR) is 117 cm³/mol. The second-order valence-corrected chi connectivity index (χ2v) is 8.04. The van der Waals surface area contributed by atoms with Gasteiger partial charge in [-0.05, 0) is 37.5 Å². The third kappa shape index (κ3) is 4.45. The first-order chi connectivity index (χ1) is 15.4. The summed E-state index contributed by atoms with van der Waals surface area (Å²) in [4.78, 5) is 25.6. The first kappa shape index (κ1) is 21.8. The fourth-order valence-corrected chi connectivity index (χ4v) is 3.88. The van der Waals surface area contributed by atoms with E-state index in [1.807, 2.05) is 30.3 Å². The maximum Gasteiger partial charge on any atom is 0.229 e. The number of rotatable bonds is 8. The number of anilines is 1. The first-order valence-corrected chi connectivity index (χ1v) is 10.4. The molecule has 0 spiro atoms. The molecule has 1 saturated carbocycles. The van der Waals surface area contributed by atoms with Crippen LogP contribution in [0.15, 0.2) is 48.8 Å². The van der Waals surface area contributed by atoms with Crippen LogP contribution >= 0.6 is 0 Å². The average Bonchev–Trinajstić information content (AvgIpc) is 3.53. The molecule has 2 aromatic heterocycles. The van der Waals surface area contributed by atoms with Crippen LogP contribution < -0.4 is 10.1 Å². The Bertz CT molecular complexity index is 1130. The number of ether oxygens (including phenoxy) is 2. The Hall–Kier alpha value is -3.39. The van der Waals surface area contributed by atoms with Gasteiger partial charge in [0.1, 0.15) is 23.2 Å². The second kappa shape index (κ2) is 9.00. The van der Waals surface area contributed by atoms with E-state index in [9.17, 15) is 9.18 Å². The van der Waals surface area contributed by atoms with Gasteiger partial charge in [-0.2, -0.15) is 0 Å². The molecule has 0 aliphatic heterocycles. The standard InChI is InChI=1S/C24H25FN4O3/c1-15-9-22(27-11-19(15)25)29-23(30)18-10-24(18,17-7-5-4-6-8-17)14-32-21-12-26-16(2)28-20(21)13-31-3/h4-9,11-12,18H,10,13-14H2,1-3H3,(H,27,29,30). The molecule has 0 saturated heterocycles. The number of hydrogen-bond donors (Lipinski definition) is 1. The van der Waals surface area contributed by atoms with Crippen molar-refractivity contribution >= 4 is 11.7 Å². The molecule has 1 N–H and O–H groups in total. The normalized spacial score (nSPS) is 19.4. The average molecular weight is 436 g/mol. The van der Waals surface area contributed by atoms with Crippen molar-refractivity contribution in [3.05, 3.63) is 77.3 Å². The fraction of sp³-hybridized carbons (Fsp3) is 0.333. The number of carbonyl (C=O) groups excluding carboxylic acids is 1. The lowest BCUT2D eigenvalue weighted by atomic mass is 9.93. The van der Waals surface area contributed by atoms with E-state index in [1.165, 1.54) is 6.07 Å². The molecule has 2 unspecified atom stereocenters. The summed E-state index contributed by atoms with van der Waals surface area (Å²) in [5, 5.41) is 2.82. The lowest BCUT2D eigenvalue weighted by molar-refractivity contribution is -0.117. The SMILES string of the molecule is COCc1nc(C)ncc1OCC1(c2ccccc2)CC1C(=O)Nc1cc(C)c(F)cn1. The summed E-state index contributed by atoms with van der Waals surface area (Å²) >= 11 is 0. The number of nitrogens with one attached hydrogen (secondary N) is 1. The molecule has 8 heteroatoms. The van der Waals surface area contributed by atoms with Crippen molar-refractivity contribution in [3.8, 4) is 5.75 Å². The van der Waals surface area contributed by atoms with E-state index < -0.39 is 11.2 Å². The van der Waals surface area contributed by atoms with Gasteiger partial charge >= 0.3 is 0 Å². The highest BCUT2D eigenvalue weighted by Gasteiger charge is 2.60. The zero-order valence-corrected chi connectivity index (χ0v) is 18.3. The molecule has 2 heterocycles. The van der Waals surface area contributed by atoms with Gasteiger partial charge in [0, 0.05) is 12.5 Å². The number of nitrogens with zero attached hydrogens (tertiary/aromatic N) is 3. The van der Waals surface area contributed by atoms with Gasteiger partial charge in [0.05, 0.1) is 31.5 Å². The number of carbonyl (C=O) groups is 1. The number of pyridine rings is 1. The van der Waals surface area contributed by atoms with Crippen molar-refractivity contribution in [2.24, 2.45) is 5.92 Å². The molecule has 3 aromatic rings. The molecule has 0 bridgehead atoms. The summed E-state index contributed by atoms with van der Waals surface area (Å²) in [5.41, 5.74) is 1.62. The zero-order valence-electron chi connectivity index (χ0n) is 18.3. The van der Waals surface area contributed by atoms with E-state index in [2.05, 4.69) is 20.3 Å². The lowest BCUT2D eigenvalue weighted by Gasteiger charge is -2.20. The van der Waals surface area contributed by atoms with Gasteiger partial charge in [-0.15, -0.1) is 0 Å². The number of halogens is 1. The summed E-state index contributed by atoms with van der Waals surface area (Å²) in [6, 6.07) is 11.3. The number of benzene rings is 1. The highest BCUT2D eigenvalue weighted by molar-refractivity contribution is 5.95. The van der Waals surface area contributed by atoms with Crippen molar-refractivity contribution in [1.29, 1.82) is 0 Å². The van der Waals surface area contributed by atoms with E-state index in [1.54, 1.807) is 27.2 Å². The molecule has 1 aliphatic rings. The van der Waals surface area contributed by atoms with Gasteiger partial charge in [0.2, 0.25) is 5.91 Å². The molecule has 1 amide bonds. The van der Waals surface area contributed by atoms with Crippen molar-refractivity contribution in [1.82, 2.24) is 15.0 Å². The van der Waals surface area contributed by atoms with Crippen LogP contribution in [0.4, 0.5) is 10.2 Å².